The van der Waals surface area contributed by atoms with Gasteiger partial charge in [-0.1, -0.05) is 0 Å². The highest BCUT2D eigenvalue weighted by molar-refractivity contribution is 6.08. The molecule has 18 heavy (non-hydrogen) atoms. The molecule has 92 valence electrons. The summed E-state index contributed by atoms with van der Waals surface area (Å²) in [5, 5.41) is 9.99. The molecule has 0 spiro atoms. The molecule has 0 atom stereocenters. The van der Waals surface area contributed by atoms with Crippen molar-refractivity contribution in [3.63, 3.8) is 0 Å². The molecule has 1 aromatic carbocycles. The maximum absolute atomic E-state index is 11.7. The van der Waals surface area contributed by atoms with Gasteiger partial charge in [-0.15, -0.1) is 0 Å². The van der Waals surface area contributed by atoms with Crippen LogP contribution in [-0.4, -0.2) is 28.7 Å². The van der Waals surface area contributed by atoms with Crippen molar-refractivity contribution in [2.24, 2.45) is 0 Å². The van der Waals surface area contributed by atoms with Crippen molar-refractivity contribution in [2.45, 2.75) is 6.42 Å². The molecule has 7 heteroatoms. The van der Waals surface area contributed by atoms with Crippen LogP contribution < -0.4 is 16.0 Å². The highest BCUT2D eigenvalue weighted by Crippen LogP contribution is 2.26. The van der Waals surface area contributed by atoms with Crippen molar-refractivity contribution in [1.29, 1.82) is 0 Å². The van der Waals surface area contributed by atoms with E-state index in [2.05, 4.69) is 15.5 Å². The number of carbonyl (C=O) groups is 2. The lowest BCUT2D eigenvalue weighted by Crippen LogP contribution is -2.49. The summed E-state index contributed by atoms with van der Waals surface area (Å²) in [6, 6.07) is 4.84. The van der Waals surface area contributed by atoms with E-state index in [-0.39, 0.29) is 12.3 Å². The van der Waals surface area contributed by atoms with Gasteiger partial charge in [0.25, 0.3) is 0 Å². The molecule has 7 nitrogen and oxygen atoms in total. The predicted molar refractivity (Wildman–Crippen MR) is 66.0 cm³/mol. The van der Waals surface area contributed by atoms with Gasteiger partial charge in [0.1, 0.15) is 0 Å². The number of nitrogens with two attached hydrogens (primary N) is 1. The number of nitrogens with zero attached hydrogens (tertiary/aromatic N) is 2. The van der Waals surface area contributed by atoms with Crippen LogP contribution in [0.1, 0.15) is 6.42 Å². The number of aromatic amines is 1. The topological polar surface area (TPSA) is 104 Å². The smallest absolute Gasteiger partial charge is 0.329 e. The van der Waals surface area contributed by atoms with Crippen LogP contribution in [0, 0.1) is 0 Å². The van der Waals surface area contributed by atoms with Crippen molar-refractivity contribution in [3.8, 4) is 0 Å². The first-order chi connectivity index (χ1) is 8.65. The van der Waals surface area contributed by atoms with Gasteiger partial charge in [-0.3, -0.25) is 20.1 Å². The Hall–Kier alpha value is -2.57. The van der Waals surface area contributed by atoms with Crippen molar-refractivity contribution < 1.29 is 9.59 Å². The molecule has 0 saturated carbocycles. The molecule has 2 heterocycles. The monoisotopic (exact) mass is 245 g/mol. The number of amides is 3. The molecule has 2 aromatic rings. The second-order valence-electron chi connectivity index (χ2n) is 4.11. The summed E-state index contributed by atoms with van der Waals surface area (Å²) in [5.74, 6) is 0.246. The van der Waals surface area contributed by atoms with Crippen molar-refractivity contribution >= 4 is 34.3 Å². The van der Waals surface area contributed by atoms with Crippen LogP contribution in [-0.2, 0) is 4.79 Å². The van der Waals surface area contributed by atoms with E-state index in [4.69, 9.17) is 5.73 Å². The molecule has 3 rings (SSSR count). The van der Waals surface area contributed by atoms with Crippen LogP contribution in [0.5, 0.6) is 0 Å². The van der Waals surface area contributed by atoms with E-state index in [1.165, 1.54) is 4.90 Å². The van der Waals surface area contributed by atoms with Crippen molar-refractivity contribution in [2.75, 3.05) is 17.2 Å². The minimum atomic E-state index is -0.448. The summed E-state index contributed by atoms with van der Waals surface area (Å²) < 4.78 is 0. The number of benzene rings is 1. The number of carbonyl (C=O) groups excluding carboxylic acids is 2. The van der Waals surface area contributed by atoms with Gasteiger partial charge in [0.15, 0.2) is 5.82 Å². The molecular weight excluding hydrogens is 234 g/mol. The van der Waals surface area contributed by atoms with Crippen molar-refractivity contribution in [3.05, 3.63) is 18.2 Å². The molecule has 1 aliphatic heterocycles. The van der Waals surface area contributed by atoms with E-state index < -0.39 is 6.03 Å². The van der Waals surface area contributed by atoms with Crippen LogP contribution in [0.3, 0.4) is 0 Å². The number of anilines is 2. The van der Waals surface area contributed by atoms with Gasteiger partial charge < -0.3 is 5.73 Å². The quantitative estimate of drug-likeness (QED) is 0.639. The highest BCUT2D eigenvalue weighted by atomic mass is 16.2. The van der Waals surface area contributed by atoms with Crippen molar-refractivity contribution in [1.82, 2.24) is 15.5 Å². The van der Waals surface area contributed by atoms with Gasteiger partial charge in [-0.2, -0.15) is 5.10 Å². The maximum Gasteiger partial charge on any atom is 0.329 e. The average Bonchev–Trinajstić information content (AvgIpc) is 2.72. The third-order valence-corrected chi connectivity index (χ3v) is 2.88. The number of imide groups is 1. The molecule has 1 saturated heterocycles. The lowest BCUT2D eigenvalue weighted by Gasteiger charge is -2.24. The first kappa shape index (κ1) is 10.6. The largest absolute Gasteiger partial charge is 0.399 e. The van der Waals surface area contributed by atoms with Crippen LogP contribution in [0.4, 0.5) is 16.3 Å². The molecule has 4 N–H and O–H groups in total. The van der Waals surface area contributed by atoms with Crippen LogP contribution in [0.2, 0.25) is 0 Å². The molecule has 1 fully saturated rings. The third-order valence-electron chi connectivity index (χ3n) is 2.88. The number of rotatable bonds is 1. The van der Waals surface area contributed by atoms with Gasteiger partial charge in [-0.05, 0) is 18.2 Å². The number of nitrogen functional groups attached to an aromatic ring is 1. The Morgan fingerprint density at radius 3 is 2.94 bits per heavy atom. The lowest BCUT2D eigenvalue weighted by molar-refractivity contribution is -0.120. The molecule has 1 aromatic heterocycles. The first-order valence-corrected chi connectivity index (χ1v) is 5.50. The molecule has 0 aliphatic carbocycles. The summed E-state index contributed by atoms with van der Waals surface area (Å²) >= 11 is 0. The lowest BCUT2D eigenvalue weighted by atomic mass is 10.2. The predicted octanol–water partition coefficient (Wildman–Crippen LogP) is 0.591. The SMILES string of the molecule is Nc1ccc2c(N3CCC(=O)NC3=O)n[nH]c2c1. The van der Waals surface area contributed by atoms with Crippen LogP contribution >= 0.6 is 0 Å². The van der Waals surface area contributed by atoms with Gasteiger partial charge >= 0.3 is 6.03 Å². The minimum Gasteiger partial charge on any atom is -0.399 e. The highest BCUT2D eigenvalue weighted by Gasteiger charge is 2.27. The minimum absolute atomic E-state index is 0.264. The second-order valence-corrected chi connectivity index (χ2v) is 4.11. The van der Waals surface area contributed by atoms with E-state index in [9.17, 15) is 9.59 Å². The number of hydrogen-bond acceptors (Lipinski definition) is 4. The van der Waals surface area contributed by atoms with E-state index in [1.807, 2.05) is 0 Å². The molecule has 1 aliphatic rings. The summed E-state index contributed by atoms with van der Waals surface area (Å²) in [5.41, 5.74) is 7.05. The zero-order valence-electron chi connectivity index (χ0n) is 9.43. The number of hydrogen-bond donors (Lipinski definition) is 3. The van der Waals surface area contributed by atoms with E-state index in [0.29, 0.717) is 18.1 Å². The number of urea groups is 1. The van der Waals surface area contributed by atoms with E-state index in [1.54, 1.807) is 18.2 Å². The Bertz CT molecular complexity index is 648. The Morgan fingerprint density at radius 2 is 2.17 bits per heavy atom. The van der Waals surface area contributed by atoms with Crippen LogP contribution in [0.15, 0.2) is 18.2 Å². The second kappa shape index (κ2) is 3.73. The normalized spacial score (nSPS) is 16.1. The fourth-order valence-electron chi connectivity index (χ4n) is 1.99. The summed E-state index contributed by atoms with van der Waals surface area (Å²) in [7, 11) is 0. The Balaban J connectivity index is 2.04. The maximum atomic E-state index is 11.7. The molecular formula is C11H11N5O2. The van der Waals surface area contributed by atoms with Gasteiger partial charge in [0.2, 0.25) is 5.91 Å². The molecule has 0 radical (unpaired) electrons. The number of aromatic nitrogens is 2. The van der Waals surface area contributed by atoms with Crippen LogP contribution in [0.25, 0.3) is 10.9 Å². The standard InChI is InChI=1S/C11H11N5O2/c12-6-1-2-7-8(5-6)14-15-10(7)16-4-3-9(17)13-11(16)18/h1-2,5H,3-4,12H2,(H,14,15)(H,13,17,18). The summed E-state index contributed by atoms with van der Waals surface area (Å²) in [4.78, 5) is 24.3. The number of H-pyrrole nitrogens is 1. The van der Waals surface area contributed by atoms with E-state index in [0.717, 1.165) is 10.9 Å². The molecule has 0 unspecified atom stereocenters. The van der Waals surface area contributed by atoms with E-state index >= 15 is 0 Å². The third kappa shape index (κ3) is 1.56. The number of fused-ring (bicyclic) bond motifs is 1. The molecule has 3 amide bonds. The summed E-state index contributed by atoms with van der Waals surface area (Å²) in [6.45, 7) is 0.328. The fraction of sp³-hybridized carbons (Fsp3) is 0.182. The van der Waals surface area contributed by atoms with Gasteiger partial charge in [0.05, 0.1) is 5.52 Å². The first-order valence-electron chi connectivity index (χ1n) is 5.50. The summed E-state index contributed by atoms with van der Waals surface area (Å²) in [6.07, 6.45) is 0.273. The zero-order chi connectivity index (χ0) is 12.7. The number of nitrogens with one attached hydrogen (secondary N) is 2. The fourth-order valence-corrected chi connectivity index (χ4v) is 1.99. The Morgan fingerprint density at radius 1 is 1.33 bits per heavy atom. The molecule has 0 bridgehead atoms. The average molecular weight is 245 g/mol. The van der Waals surface area contributed by atoms with Gasteiger partial charge in [-0.25, -0.2) is 4.79 Å². The zero-order valence-corrected chi connectivity index (χ0v) is 9.43. The Labute approximate surface area is 102 Å². The van der Waals surface area contributed by atoms with Gasteiger partial charge in [0, 0.05) is 24.0 Å². The Kier molecular flexibility index (Phi) is 2.19.